The lowest BCUT2D eigenvalue weighted by Gasteiger charge is -2.26. The quantitative estimate of drug-likeness (QED) is 0.126. The molecule has 0 aliphatic heterocycles. The van der Waals surface area contributed by atoms with Gasteiger partial charge >= 0.3 is 0 Å². The molecule has 0 saturated heterocycles. The van der Waals surface area contributed by atoms with Crippen LogP contribution in [0.2, 0.25) is 0 Å². The van der Waals surface area contributed by atoms with Gasteiger partial charge in [-0.2, -0.15) is 0 Å². The molecule has 4 nitrogen and oxygen atoms in total. The Balaban J connectivity index is 1.17. The van der Waals surface area contributed by atoms with Crippen LogP contribution in [-0.4, -0.2) is 11.6 Å². The number of benzene rings is 8. The van der Waals surface area contributed by atoms with E-state index in [-0.39, 0.29) is 17.1 Å². The summed E-state index contributed by atoms with van der Waals surface area (Å²) >= 11 is 0. The Kier molecular flexibility index (Phi) is 7.48. The Labute approximate surface area is 295 Å². The van der Waals surface area contributed by atoms with E-state index in [9.17, 15) is 9.59 Å². The SMILES string of the molecule is O=C1C(=Cc2cc(OCc3ccccc3)c3cc(N(c4ccccc4)c4ccc5ccccc5c4)ccc3c2)C(=O)c2cc3ccccc3cc21. The molecular formula is C47H31NO3. The lowest BCUT2D eigenvalue weighted by molar-refractivity contribution is 0.0990. The van der Waals surface area contributed by atoms with Crippen LogP contribution < -0.4 is 9.64 Å². The number of hydrogen-bond acceptors (Lipinski definition) is 4. The van der Waals surface area contributed by atoms with Crippen molar-refractivity contribution in [2.75, 3.05) is 4.90 Å². The summed E-state index contributed by atoms with van der Waals surface area (Å²) in [4.78, 5) is 29.6. The van der Waals surface area contributed by atoms with Crippen molar-refractivity contribution in [3.63, 3.8) is 0 Å². The third-order valence-electron chi connectivity index (χ3n) is 9.60. The summed E-state index contributed by atoms with van der Waals surface area (Å²) in [5.41, 5.74) is 5.87. The molecule has 0 heterocycles. The van der Waals surface area contributed by atoms with Crippen LogP contribution in [0, 0.1) is 0 Å². The van der Waals surface area contributed by atoms with Crippen LogP contribution >= 0.6 is 0 Å². The monoisotopic (exact) mass is 657 g/mol. The van der Waals surface area contributed by atoms with Gasteiger partial charge in [0.05, 0.1) is 5.57 Å². The molecule has 0 radical (unpaired) electrons. The molecule has 0 atom stereocenters. The van der Waals surface area contributed by atoms with Gasteiger partial charge in [-0.15, -0.1) is 0 Å². The molecule has 0 bridgehead atoms. The lowest BCUT2D eigenvalue weighted by Crippen LogP contribution is -2.10. The third kappa shape index (κ3) is 5.63. The number of nitrogens with zero attached hydrogens (tertiary/aromatic N) is 1. The number of hydrogen-bond donors (Lipinski definition) is 0. The van der Waals surface area contributed by atoms with Crippen LogP contribution in [0.25, 0.3) is 38.4 Å². The molecule has 0 unspecified atom stereocenters. The molecule has 1 aliphatic rings. The molecule has 8 aromatic rings. The Morgan fingerprint density at radius 3 is 1.69 bits per heavy atom. The normalized spacial score (nSPS) is 12.4. The van der Waals surface area contributed by atoms with Crippen molar-refractivity contribution in [3.05, 3.63) is 198 Å². The summed E-state index contributed by atoms with van der Waals surface area (Å²) in [5.74, 6) is 0.159. The molecule has 0 spiro atoms. The molecule has 1 aliphatic carbocycles. The zero-order valence-corrected chi connectivity index (χ0v) is 27.6. The van der Waals surface area contributed by atoms with E-state index in [0.29, 0.717) is 23.5 Å². The van der Waals surface area contributed by atoms with E-state index >= 15 is 0 Å². The first-order chi connectivity index (χ1) is 25.1. The van der Waals surface area contributed by atoms with E-state index in [1.165, 1.54) is 5.39 Å². The fourth-order valence-corrected chi connectivity index (χ4v) is 7.06. The molecule has 0 saturated carbocycles. The van der Waals surface area contributed by atoms with Gasteiger partial charge in [-0.05, 0) is 105 Å². The average Bonchev–Trinajstić information content (AvgIpc) is 3.40. The first-order valence-corrected chi connectivity index (χ1v) is 17.0. The highest BCUT2D eigenvalue weighted by Crippen LogP contribution is 2.40. The summed E-state index contributed by atoms with van der Waals surface area (Å²) in [5, 5.41) is 6.07. The fraction of sp³-hybridized carbons (Fsp3) is 0.0213. The summed E-state index contributed by atoms with van der Waals surface area (Å²) in [6.45, 7) is 0.364. The maximum Gasteiger partial charge on any atom is 0.197 e. The van der Waals surface area contributed by atoms with Crippen molar-refractivity contribution >= 4 is 67.0 Å². The van der Waals surface area contributed by atoms with Crippen molar-refractivity contribution in [1.29, 1.82) is 0 Å². The maximum atomic E-state index is 13.7. The van der Waals surface area contributed by atoms with Crippen LogP contribution in [0.3, 0.4) is 0 Å². The van der Waals surface area contributed by atoms with Crippen LogP contribution in [0.1, 0.15) is 31.8 Å². The fourth-order valence-electron chi connectivity index (χ4n) is 7.06. The standard InChI is InChI=1S/C47H31NO3/c49-46-42-27-35-15-9-10-16-36(35)28-43(42)47(50)44(46)24-32-23-37-20-22-40(29-41(37)45(25-32)51-30-31-11-3-1-4-12-31)48(38-17-5-2-6-18-38)39-21-19-33-13-7-8-14-34(33)26-39/h1-29H,30H2. The lowest BCUT2D eigenvalue weighted by atomic mass is 10.0. The van der Waals surface area contributed by atoms with Crippen molar-refractivity contribution in [2.45, 2.75) is 6.61 Å². The highest BCUT2D eigenvalue weighted by Gasteiger charge is 2.33. The average molecular weight is 658 g/mol. The number of allylic oxidation sites excluding steroid dienone is 1. The smallest absolute Gasteiger partial charge is 0.197 e. The van der Waals surface area contributed by atoms with Gasteiger partial charge in [0.15, 0.2) is 11.6 Å². The number of ketones is 2. The first kappa shape index (κ1) is 30.3. The van der Waals surface area contributed by atoms with Crippen molar-refractivity contribution in [3.8, 4) is 5.75 Å². The largest absolute Gasteiger partial charge is 0.488 e. The molecule has 0 N–H and O–H groups in total. The molecule has 0 aromatic heterocycles. The second kappa shape index (κ2) is 12.6. The van der Waals surface area contributed by atoms with E-state index in [1.54, 1.807) is 6.08 Å². The predicted molar refractivity (Wildman–Crippen MR) is 207 cm³/mol. The topological polar surface area (TPSA) is 46.6 Å². The van der Waals surface area contributed by atoms with Crippen molar-refractivity contribution < 1.29 is 14.3 Å². The number of carbonyl (C=O) groups is 2. The second-order valence-electron chi connectivity index (χ2n) is 12.9. The first-order valence-electron chi connectivity index (χ1n) is 17.0. The summed E-state index contributed by atoms with van der Waals surface area (Å²) in [7, 11) is 0. The van der Waals surface area contributed by atoms with Crippen LogP contribution in [0.15, 0.2) is 175 Å². The van der Waals surface area contributed by atoms with Gasteiger partial charge in [-0.25, -0.2) is 0 Å². The number of Topliss-reactive ketones (excluding diaryl/α,β-unsaturated/α-hetero) is 2. The number of para-hydroxylation sites is 1. The van der Waals surface area contributed by atoms with E-state index in [1.807, 2.05) is 97.1 Å². The molecule has 4 heteroatoms. The zero-order chi connectivity index (χ0) is 34.3. The number of anilines is 3. The molecular weight excluding hydrogens is 627 g/mol. The van der Waals surface area contributed by atoms with Gasteiger partial charge in [-0.3, -0.25) is 9.59 Å². The third-order valence-corrected chi connectivity index (χ3v) is 9.60. The highest BCUT2D eigenvalue weighted by atomic mass is 16.5. The van der Waals surface area contributed by atoms with E-state index in [4.69, 9.17) is 4.74 Å². The Morgan fingerprint density at radius 2 is 1.02 bits per heavy atom. The van der Waals surface area contributed by atoms with Crippen molar-refractivity contribution in [1.82, 2.24) is 0 Å². The zero-order valence-electron chi connectivity index (χ0n) is 27.6. The van der Waals surface area contributed by atoms with Gasteiger partial charge in [0.1, 0.15) is 12.4 Å². The molecule has 242 valence electrons. The van der Waals surface area contributed by atoms with E-state index < -0.39 is 0 Å². The summed E-state index contributed by atoms with van der Waals surface area (Å²) < 4.78 is 6.56. The summed E-state index contributed by atoms with van der Waals surface area (Å²) in [6.07, 6.45) is 1.71. The van der Waals surface area contributed by atoms with Gasteiger partial charge in [0, 0.05) is 33.6 Å². The number of ether oxygens (including phenoxy) is 1. The maximum absolute atomic E-state index is 13.7. The second-order valence-corrected chi connectivity index (χ2v) is 12.9. The summed E-state index contributed by atoms with van der Waals surface area (Å²) in [6, 6.07) is 57.0. The van der Waals surface area contributed by atoms with Crippen molar-refractivity contribution in [2.24, 2.45) is 0 Å². The number of fused-ring (bicyclic) bond motifs is 4. The highest BCUT2D eigenvalue weighted by molar-refractivity contribution is 6.42. The Bertz CT molecular complexity index is 2620. The minimum Gasteiger partial charge on any atom is -0.488 e. The van der Waals surface area contributed by atoms with Crippen LogP contribution in [0.5, 0.6) is 5.75 Å². The molecule has 9 rings (SSSR count). The number of carbonyl (C=O) groups excluding carboxylic acids is 2. The van der Waals surface area contributed by atoms with Crippen LogP contribution in [0.4, 0.5) is 17.1 Å². The number of rotatable bonds is 7. The molecule has 0 amide bonds. The van der Waals surface area contributed by atoms with E-state index in [2.05, 4.69) is 77.7 Å². The molecule has 8 aromatic carbocycles. The van der Waals surface area contributed by atoms with E-state index in [0.717, 1.165) is 55.1 Å². The van der Waals surface area contributed by atoms with Gasteiger partial charge < -0.3 is 9.64 Å². The Hall–Kier alpha value is -6.78. The van der Waals surface area contributed by atoms with Gasteiger partial charge in [-0.1, -0.05) is 109 Å². The molecule has 0 fully saturated rings. The Morgan fingerprint density at radius 1 is 0.471 bits per heavy atom. The molecule has 51 heavy (non-hydrogen) atoms. The predicted octanol–water partition coefficient (Wildman–Crippen LogP) is 11.7. The minimum atomic E-state index is -0.253. The minimum absolute atomic E-state index is 0.164. The van der Waals surface area contributed by atoms with Gasteiger partial charge in [0.2, 0.25) is 0 Å². The van der Waals surface area contributed by atoms with Gasteiger partial charge in [0.25, 0.3) is 0 Å². The van der Waals surface area contributed by atoms with Crippen LogP contribution in [-0.2, 0) is 6.61 Å².